The number of carbonyl (C=O) groups is 1. The molecule has 2 aromatic rings. The third-order valence-corrected chi connectivity index (χ3v) is 6.41. The Labute approximate surface area is 168 Å². The fourth-order valence-electron chi connectivity index (χ4n) is 3.64. The molecule has 0 atom stereocenters. The van der Waals surface area contributed by atoms with Crippen LogP contribution < -0.4 is 5.32 Å². The summed E-state index contributed by atoms with van der Waals surface area (Å²) in [5.41, 5.74) is 2.84. The third-order valence-electron chi connectivity index (χ3n) is 5.33. The highest BCUT2D eigenvalue weighted by molar-refractivity contribution is 7.99. The van der Waals surface area contributed by atoms with E-state index < -0.39 is 0 Å². The van der Waals surface area contributed by atoms with Crippen molar-refractivity contribution in [2.45, 2.75) is 70.1 Å². The van der Waals surface area contributed by atoms with Gasteiger partial charge in [-0.15, -0.1) is 11.8 Å². The summed E-state index contributed by atoms with van der Waals surface area (Å²) in [4.78, 5) is 12.6. The van der Waals surface area contributed by atoms with Crippen LogP contribution in [-0.2, 0) is 17.6 Å². The lowest BCUT2D eigenvalue weighted by Gasteiger charge is -2.12. The summed E-state index contributed by atoms with van der Waals surface area (Å²) >= 11 is 1.98. The lowest BCUT2D eigenvalue weighted by Crippen LogP contribution is -2.22. The van der Waals surface area contributed by atoms with Gasteiger partial charge in [0.05, 0.1) is 0 Å². The van der Waals surface area contributed by atoms with E-state index in [4.69, 9.17) is 0 Å². The number of hydrogen-bond donors (Lipinski definition) is 1. The predicted octanol–water partition coefficient (Wildman–Crippen LogP) is 6.14. The SMILES string of the molecule is CCCCCCSc1ccc2cc(CC3CC3)cc(CCNC(C)=O)c2c1. The molecule has 146 valence electrons. The zero-order valence-corrected chi connectivity index (χ0v) is 17.7. The highest BCUT2D eigenvalue weighted by atomic mass is 32.2. The van der Waals surface area contributed by atoms with E-state index in [1.807, 2.05) is 11.8 Å². The maximum absolute atomic E-state index is 11.3. The first kappa shape index (κ1) is 20.3. The second kappa shape index (κ2) is 10.2. The topological polar surface area (TPSA) is 29.1 Å². The normalized spacial score (nSPS) is 13.9. The van der Waals surface area contributed by atoms with Crippen LogP contribution in [0.25, 0.3) is 10.8 Å². The first-order chi connectivity index (χ1) is 13.2. The van der Waals surface area contributed by atoms with Crippen molar-refractivity contribution in [3.63, 3.8) is 0 Å². The zero-order valence-electron chi connectivity index (χ0n) is 16.9. The Kier molecular flexibility index (Phi) is 7.63. The molecule has 0 unspecified atom stereocenters. The highest BCUT2D eigenvalue weighted by Gasteiger charge is 2.22. The number of fused-ring (bicyclic) bond motifs is 1. The van der Waals surface area contributed by atoms with Crippen LogP contribution in [-0.4, -0.2) is 18.2 Å². The Balaban J connectivity index is 1.75. The van der Waals surface area contributed by atoms with Crippen LogP contribution in [0.2, 0.25) is 0 Å². The van der Waals surface area contributed by atoms with Gasteiger partial charge in [0.2, 0.25) is 5.91 Å². The van der Waals surface area contributed by atoms with Crippen LogP contribution in [0.3, 0.4) is 0 Å². The van der Waals surface area contributed by atoms with Gasteiger partial charge in [-0.2, -0.15) is 0 Å². The van der Waals surface area contributed by atoms with E-state index in [1.165, 1.54) is 77.5 Å². The summed E-state index contributed by atoms with van der Waals surface area (Å²) in [6, 6.07) is 11.7. The number of benzene rings is 2. The number of rotatable bonds is 11. The number of amides is 1. The Morgan fingerprint density at radius 2 is 2.00 bits per heavy atom. The second-order valence-electron chi connectivity index (χ2n) is 7.93. The standard InChI is InChI=1S/C24H33NOS/c1-3-4-5-6-13-27-23-10-9-21-15-20(14-19-7-8-19)16-22(24(21)17-23)11-12-25-18(2)26/h9-10,15-17,19H,3-8,11-14H2,1-2H3,(H,25,26). The molecule has 27 heavy (non-hydrogen) atoms. The number of hydrogen-bond acceptors (Lipinski definition) is 2. The largest absolute Gasteiger partial charge is 0.356 e. The van der Waals surface area contributed by atoms with E-state index in [0.29, 0.717) is 6.54 Å². The summed E-state index contributed by atoms with van der Waals surface area (Å²) < 4.78 is 0. The molecule has 0 bridgehead atoms. The zero-order chi connectivity index (χ0) is 19.1. The molecular weight excluding hydrogens is 350 g/mol. The summed E-state index contributed by atoms with van der Waals surface area (Å²) in [5, 5.41) is 5.66. The molecule has 0 saturated heterocycles. The van der Waals surface area contributed by atoms with E-state index in [2.05, 4.69) is 42.6 Å². The number of thioether (sulfide) groups is 1. The van der Waals surface area contributed by atoms with Crippen LogP contribution in [0.4, 0.5) is 0 Å². The van der Waals surface area contributed by atoms with E-state index >= 15 is 0 Å². The molecule has 1 saturated carbocycles. The van der Waals surface area contributed by atoms with E-state index in [9.17, 15) is 4.79 Å². The van der Waals surface area contributed by atoms with Crippen molar-refractivity contribution in [2.75, 3.05) is 12.3 Å². The molecule has 0 aromatic heterocycles. The maximum atomic E-state index is 11.3. The van der Waals surface area contributed by atoms with Crippen molar-refractivity contribution in [2.24, 2.45) is 5.92 Å². The molecule has 0 radical (unpaired) electrons. The Morgan fingerprint density at radius 3 is 2.74 bits per heavy atom. The Hall–Kier alpha value is -1.48. The van der Waals surface area contributed by atoms with Gasteiger partial charge in [0, 0.05) is 18.4 Å². The van der Waals surface area contributed by atoms with Crippen LogP contribution in [0.5, 0.6) is 0 Å². The highest BCUT2D eigenvalue weighted by Crippen LogP contribution is 2.35. The molecule has 2 nitrogen and oxygen atoms in total. The number of carbonyl (C=O) groups excluding carboxylic acids is 1. The summed E-state index contributed by atoms with van der Waals surface area (Å²) in [5.74, 6) is 2.15. The van der Waals surface area contributed by atoms with Crippen LogP contribution >= 0.6 is 11.8 Å². The summed E-state index contributed by atoms with van der Waals surface area (Å²) in [6.45, 7) is 4.57. The third kappa shape index (κ3) is 6.57. The molecule has 1 N–H and O–H groups in total. The monoisotopic (exact) mass is 383 g/mol. The van der Waals surface area contributed by atoms with E-state index in [-0.39, 0.29) is 5.91 Å². The average molecular weight is 384 g/mol. The Bertz CT molecular complexity index is 766. The molecule has 2 aromatic carbocycles. The van der Waals surface area contributed by atoms with E-state index in [1.54, 1.807) is 6.92 Å². The molecule has 3 rings (SSSR count). The lowest BCUT2D eigenvalue weighted by atomic mass is 9.96. The molecule has 0 spiro atoms. The van der Waals surface area contributed by atoms with Gasteiger partial charge < -0.3 is 5.32 Å². The minimum Gasteiger partial charge on any atom is -0.356 e. The molecule has 3 heteroatoms. The first-order valence-corrected chi connectivity index (χ1v) is 11.6. The fraction of sp³-hybridized carbons (Fsp3) is 0.542. The van der Waals surface area contributed by atoms with Gasteiger partial charge >= 0.3 is 0 Å². The fourth-order valence-corrected chi connectivity index (χ4v) is 4.59. The van der Waals surface area contributed by atoms with Gasteiger partial charge in [0.25, 0.3) is 0 Å². The summed E-state index contributed by atoms with van der Waals surface area (Å²) in [6.07, 6.45) is 10.1. The van der Waals surface area contributed by atoms with Crippen LogP contribution in [0, 0.1) is 5.92 Å². The molecule has 0 aliphatic heterocycles. The lowest BCUT2D eigenvalue weighted by molar-refractivity contribution is -0.118. The minimum atomic E-state index is 0.0526. The molecular formula is C24H33NOS. The molecule has 1 fully saturated rings. The Morgan fingerprint density at radius 1 is 1.15 bits per heavy atom. The molecule has 1 aliphatic carbocycles. The smallest absolute Gasteiger partial charge is 0.216 e. The minimum absolute atomic E-state index is 0.0526. The van der Waals surface area contributed by atoms with Crippen molar-refractivity contribution >= 4 is 28.4 Å². The van der Waals surface area contributed by atoms with Crippen molar-refractivity contribution in [1.82, 2.24) is 5.32 Å². The van der Waals surface area contributed by atoms with Gasteiger partial charge in [0.15, 0.2) is 0 Å². The van der Waals surface area contributed by atoms with Crippen LogP contribution in [0.15, 0.2) is 35.2 Å². The van der Waals surface area contributed by atoms with Gasteiger partial charge in [0.1, 0.15) is 0 Å². The quantitative estimate of drug-likeness (QED) is 0.373. The summed E-state index contributed by atoms with van der Waals surface area (Å²) in [7, 11) is 0. The first-order valence-electron chi connectivity index (χ1n) is 10.6. The maximum Gasteiger partial charge on any atom is 0.216 e. The predicted molar refractivity (Wildman–Crippen MR) is 118 cm³/mol. The van der Waals surface area contributed by atoms with E-state index in [0.717, 1.165) is 12.3 Å². The van der Waals surface area contributed by atoms with Crippen molar-refractivity contribution in [3.8, 4) is 0 Å². The molecule has 0 heterocycles. The number of nitrogens with one attached hydrogen (secondary N) is 1. The van der Waals surface area contributed by atoms with Crippen molar-refractivity contribution in [3.05, 3.63) is 41.5 Å². The van der Waals surface area contributed by atoms with Gasteiger partial charge in [-0.25, -0.2) is 0 Å². The van der Waals surface area contributed by atoms with Gasteiger partial charge in [-0.1, -0.05) is 44.4 Å². The molecule has 1 aliphatic rings. The average Bonchev–Trinajstić information content (AvgIpc) is 3.45. The van der Waals surface area contributed by atoms with Crippen LogP contribution in [0.1, 0.15) is 63.5 Å². The van der Waals surface area contributed by atoms with Crippen molar-refractivity contribution < 1.29 is 4.79 Å². The van der Waals surface area contributed by atoms with Crippen molar-refractivity contribution in [1.29, 1.82) is 0 Å². The second-order valence-corrected chi connectivity index (χ2v) is 9.10. The van der Waals surface area contributed by atoms with Gasteiger partial charge in [-0.3, -0.25) is 4.79 Å². The van der Waals surface area contributed by atoms with Gasteiger partial charge in [-0.05, 0) is 77.8 Å². The molecule has 1 amide bonds. The number of unbranched alkanes of at least 4 members (excludes halogenated alkanes) is 3.